The van der Waals surface area contributed by atoms with Crippen LogP contribution in [0.5, 0.6) is 0 Å². The first-order valence-corrected chi connectivity index (χ1v) is 5.87. The molecule has 0 atom stereocenters. The maximum Gasteiger partial charge on any atom is 0.390 e. The minimum absolute atomic E-state index is 0.122. The first kappa shape index (κ1) is 14.5. The highest BCUT2D eigenvalue weighted by Gasteiger charge is 2.27. The van der Waals surface area contributed by atoms with Gasteiger partial charge in [-0.25, -0.2) is 0 Å². The molecule has 17 heavy (non-hydrogen) atoms. The van der Waals surface area contributed by atoms with Crippen molar-refractivity contribution in [1.82, 2.24) is 0 Å². The minimum atomic E-state index is -4.16. The second-order valence-electron chi connectivity index (χ2n) is 3.71. The highest BCUT2D eigenvalue weighted by Crippen LogP contribution is 2.28. The van der Waals surface area contributed by atoms with Crippen LogP contribution >= 0.6 is 23.2 Å². The van der Waals surface area contributed by atoms with E-state index in [2.05, 4.69) is 0 Å². The van der Waals surface area contributed by atoms with Crippen LogP contribution in [-0.2, 0) is 5.88 Å². The summed E-state index contributed by atoms with van der Waals surface area (Å²) in [6.07, 6.45) is -5.02. The van der Waals surface area contributed by atoms with Gasteiger partial charge in [0.05, 0.1) is 17.1 Å². The van der Waals surface area contributed by atoms with Gasteiger partial charge in [0.2, 0.25) is 0 Å². The Morgan fingerprint density at radius 3 is 2.41 bits per heavy atom. The summed E-state index contributed by atoms with van der Waals surface area (Å²) in [6.45, 7) is -0.122. The molecule has 0 aliphatic carbocycles. The average molecular weight is 286 g/mol. The summed E-state index contributed by atoms with van der Waals surface area (Å²) in [7, 11) is 1.58. The van der Waals surface area contributed by atoms with E-state index >= 15 is 0 Å². The molecule has 0 saturated carbocycles. The summed E-state index contributed by atoms with van der Waals surface area (Å²) in [6, 6.07) is 5.09. The zero-order valence-electron chi connectivity index (χ0n) is 9.19. The molecule has 0 N–H and O–H groups in total. The van der Waals surface area contributed by atoms with E-state index in [-0.39, 0.29) is 6.54 Å². The molecule has 96 valence electrons. The number of benzene rings is 1. The maximum absolute atomic E-state index is 12.1. The van der Waals surface area contributed by atoms with Crippen LogP contribution in [0.4, 0.5) is 18.9 Å². The molecule has 1 aromatic carbocycles. The fourth-order valence-corrected chi connectivity index (χ4v) is 1.87. The lowest BCUT2D eigenvalue weighted by molar-refractivity contribution is -0.132. The monoisotopic (exact) mass is 285 g/mol. The number of nitrogens with zero attached hydrogens (tertiary/aromatic N) is 1. The molecule has 0 fully saturated rings. The summed E-state index contributed by atoms with van der Waals surface area (Å²) in [5.41, 5.74) is 1.41. The van der Waals surface area contributed by atoms with Gasteiger partial charge in [-0.1, -0.05) is 17.7 Å². The molecule has 0 saturated heterocycles. The fraction of sp³-hybridized carbons (Fsp3) is 0.455. The Labute approximate surface area is 108 Å². The molecule has 0 spiro atoms. The van der Waals surface area contributed by atoms with Crippen molar-refractivity contribution in [2.24, 2.45) is 0 Å². The number of hydrogen-bond donors (Lipinski definition) is 0. The SMILES string of the molecule is CN(CCC(F)(F)F)c1ccc(CCl)cc1Cl. The third-order valence-electron chi connectivity index (χ3n) is 2.31. The number of anilines is 1. The molecule has 0 bridgehead atoms. The van der Waals surface area contributed by atoms with E-state index in [0.717, 1.165) is 5.56 Å². The summed E-state index contributed by atoms with van der Waals surface area (Å²) in [4.78, 5) is 1.48. The van der Waals surface area contributed by atoms with E-state index < -0.39 is 12.6 Å². The number of halogens is 5. The van der Waals surface area contributed by atoms with Crippen molar-refractivity contribution in [2.45, 2.75) is 18.5 Å². The van der Waals surface area contributed by atoms with Gasteiger partial charge >= 0.3 is 6.18 Å². The lowest BCUT2D eigenvalue weighted by Crippen LogP contribution is -2.24. The first-order valence-electron chi connectivity index (χ1n) is 4.96. The predicted octanol–water partition coefficient (Wildman–Crippen LogP) is 4.47. The Morgan fingerprint density at radius 1 is 1.29 bits per heavy atom. The predicted molar refractivity (Wildman–Crippen MR) is 65.0 cm³/mol. The van der Waals surface area contributed by atoms with Gasteiger partial charge < -0.3 is 4.90 Å². The Bertz CT molecular complexity index is 379. The van der Waals surface area contributed by atoms with Gasteiger partial charge in [-0.15, -0.1) is 11.6 Å². The molecule has 1 nitrogen and oxygen atoms in total. The van der Waals surface area contributed by atoms with E-state index in [0.29, 0.717) is 16.6 Å². The van der Waals surface area contributed by atoms with Crippen molar-refractivity contribution >= 4 is 28.9 Å². The summed E-state index contributed by atoms with van der Waals surface area (Å²) in [5, 5.41) is 0.410. The van der Waals surface area contributed by atoms with E-state index in [1.165, 1.54) is 4.90 Å². The molecule has 6 heteroatoms. The number of hydrogen-bond acceptors (Lipinski definition) is 1. The molecule has 0 heterocycles. The van der Waals surface area contributed by atoms with Crippen LogP contribution in [0.3, 0.4) is 0 Å². The molecule has 1 aromatic rings. The lowest BCUT2D eigenvalue weighted by Gasteiger charge is -2.21. The van der Waals surface area contributed by atoms with Gasteiger partial charge in [0.25, 0.3) is 0 Å². The summed E-state index contributed by atoms with van der Waals surface area (Å²) in [5.74, 6) is 0.326. The van der Waals surface area contributed by atoms with Crippen LogP contribution in [0.15, 0.2) is 18.2 Å². The highest BCUT2D eigenvalue weighted by atomic mass is 35.5. The lowest BCUT2D eigenvalue weighted by atomic mass is 10.2. The smallest absolute Gasteiger partial charge is 0.373 e. The van der Waals surface area contributed by atoms with Crippen LogP contribution < -0.4 is 4.90 Å². The van der Waals surface area contributed by atoms with Crippen molar-refractivity contribution in [3.05, 3.63) is 28.8 Å². The Hall–Kier alpha value is -0.610. The minimum Gasteiger partial charge on any atom is -0.373 e. The molecule has 0 aliphatic heterocycles. The fourth-order valence-electron chi connectivity index (χ4n) is 1.36. The van der Waals surface area contributed by atoms with E-state index in [1.807, 2.05) is 0 Å². The van der Waals surface area contributed by atoms with Gasteiger partial charge in [0.15, 0.2) is 0 Å². The molecule has 0 aliphatic rings. The van der Waals surface area contributed by atoms with Gasteiger partial charge in [-0.05, 0) is 17.7 Å². The van der Waals surface area contributed by atoms with Crippen LogP contribution in [0.1, 0.15) is 12.0 Å². The Morgan fingerprint density at radius 2 is 1.94 bits per heavy atom. The zero-order chi connectivity index (χ0) is 13.1. The first-order chi connectivity index (χ1) is 7.83. The standard InChI is InChI=1S/C11H12Cl2F3N/c1-17(5-4-11(14,15)16)10-3-2-8(7-12)6-9(10)13/h2-3,6H,4-5,7H2,1H3. The van der Waals surface area contributed by atoms with Gasteiger partial charge in [0, 0.05) is 19.5 Å². The molecule has 1 rings (SSSR count). The third-order valence-corrected chi connectivity index (χ3v) is 2.92. The van der Waals surface area contributed by atoms with Crippen LogP contribution in [0, 0.1) is 0 Å². The molecular formula is C11H12Cl2F3N. The summed E-state index contributed by atoms with van der Waals surface area (Å²) >= 11 is 11.6. The Kier molecular flexibility index (Phi) is 4.95. The maximum atomic E-state index is 12.1. The number of alkyl halides is 4. The highest BCUT2D eigenvalue weighted by molar-refractivity contribution is 6.33. The third kappa shape index (κ3) is 4.64. The topological polar surface area (TPSA) is 3.24 Å². The molecule has 0 amide bonds. The van der Waals surface area contributed by atoms with Gasteiger partial charge in [0.1, 0.15) is 0 Å². The molecular weight excluding hydrogens is 274 g/mol. The molecule has 0 radical (unpaired) electrons. The number of rotatable bonds is 4. The van der Waals surface area contributed by atoms with Gasteiger partial charge in [-0.2, -0.15) is 13.2 Å². The largest absolute Gasteiger partial charge is 0.390 e. The Balaban J connectivity index is 2.72. The van der Waals surface area contributed by atoms with Crippen LogP contribution in [0.25, 0.3) is 0 Å². The second kappa shape index (κ2) is 5.83. The van der Waals surface area contributed by atoms with Crippen molar-refractivity contribution in [2.75, 3.05) is 18.5 Å². The van der Waals surface area contributed by atoms with E-state index in [9.17, 15) is 13.2 Å². The van der Waals surface area contributed by atoms with Crippen molar-refractivity contribution < 1.29 is 13.2 Å². The van der Waals surface area contributed by atoms with Crippen molar-refractivity contribution in [1.29, 1.82) is 0 Å². The van der Waals surface area contributed by atoms with Crippen LogP contribution in [-0.4, -0.2) is 19.8 Å². The zero-order valence-corrected chi connectivity index (χ0v) is 10.7. The summed E-state index contributed by atoms with van der Waals surface area (Å²) < 4.78 is 36.2. The van der Waals surface area contributed by atoms with Crippen molar-refractivity contribution in [3.8, 4) is 0 Å². The van der Waals surface area contributed by atoms with E-state index in [4.69, 9.17) is 23.2 Å². The average Bonchev–Trinajstić information content (AvgIpc) is 2.24. The van der Waals surface area contributed by atoms with Crippen LogP contribution in [0.2, 0.25) is 5.02 Å². The normalized spacial score (nSPS) is 11.6. The van der Waals surface area contributed by atoms with Crippen molar-refractivity contribution in [3.63, 3.8) is 0 Å². The van der Waals surface area contributed by atoms with Gasteiger partial charge in [-0.3, -0.25) is 0 Å². The molecule has 0 aromatic heterocycles. The van der Waals surface area contributed by atoms with E-state index in [1.54, 1.807) is 25.2 Å². The second-order valence-corrected chi connectivity index (χ2v) is 4.38. The quantitative estimate of drug-likeness (QED) is 0.738. The molecule has 0 unspecified atom stereocenters.